The summed E-state index contributed by atoms with van der Waals surface area (Å²) in [5, 5.41) is 17.2. The Morgan fingerprint density at radius 2 is 2.16 bits per heavy atom. The maximum Gasteiger partial charge on any atom is 0.266 e. The van der Waals surface area contributed by atoms with Crippen molar-refractivity contribution >= 4 is 39.5 Å². The number of hydrogen-bond donors (Lipinski definition) is 2. The van der Waals surface area contributed by atoms with Gasteiger partial charge in [0.1, 0.15) is 5.39 Å². The lowest BCUT2D eigenvalue weighted by molar-refractivity contribution is 0.445. The molecule has 166 valence electrons. The summed E-state index contributed by atoms with van der Waals surface area (Å²) < 4.78 is 3.51. The average Bonchev–Trinajstić information content (AvgIpc) is 3.57. The Balaban J connectivity index is 1.50. The van der Waals surface area contributed by atoms with Crippen LogP contribution in [0.1, 0.15) is 26.2 Å². The molecule has 3 aromatic heterocycles. The van der Waals surface area contributed by atoms with Crippen LogP contribution in [0, 0.1) is 0 Å². The SMILES string of the molecule is CCn1cc2c(Cl)c(-c3[nH]nc4nc(N5[C@H]6CC[C@@H]5[C@H](NC)C6)n(C)c(=O)c34)ccc2n1. The fraction of sp³-hybridized carbons (Fsp3) is 0.455. The third kappa shape index (κ3) is 2.61. The van der Waals surface area contributed by atoms with Gasteiger partial charge in [-0.2, -0.15) is 15.2 Å². The first-order valence-corrected chi connectivity index (χ1v) is 11.5. The number of likely N-dealkylation sites (N-methyl/N-ethyl adjacent to an activating group) is 1. The number of nitrogens with zero attached hydrogens (tertiary/aromatic N) is 6. The molecule has 2 fully saturated rings. The lowest BCUT2D eigenvalue weighted by Crippen LogP contribution is -2.41. The van der Waals surface area contributed by atoms with Crippen LogP contribution >= 0.6 is 11.6 Å². The second-order valence-corrected chi connectivity index (χ2v) is 9.13. The molecule has 5 heterocycles. The van der Waals surface area contributed by atoms with Crippen molar-refractivity contribution in [2.75, 3.05) is 11.9 Å². The van der Waals surface area contributed by atoms with Gasteiger partial charge in [0.15, 0.2) is 5.65 Å². The molecular formula is C22H25ClN8O. The number of aromatic nitrogens is 6. The van der Waals surface area contributed by atoms with E-state index < -0.39 is 0 Å². The number of hydrogen-bond acceptors (Lipinski definition) is 6. The van der Waals surface area contributed by atoms with E-state index in [1.807, 2.05) is 37.0 Å². The quantitative estimate of drug-likeness (QED) is 0.494. The van der Waals surface area contributed by atoms with Crippen molar-refractivity contribution in [1.29, 1.82) is 0 Å². The predicted molar refractivity (Wildman–Crippen MR) is 125 cm³/mol. The molecule has 32 heavy (non-hydrogen) atoms. The standard InChI is InChI=1S/C22H25ClN8O/c1-4-30-10-13-14(28-30)7-6-12(18(13)23)19-17-20(27-26-19)25-22(29(3)21(17)32)31-11-5-8-16(31)15(9-11)24-2/h6-7,10-11,15-16,24H,4-5,8-9H2,1-3H3,(H,26,27)/t11-,15+,16+/m0/s1. The Hall–Kier alpha value is -2.91. The van der Waals surface area contributed by atoms with Crippen LogP contribution in [0.15, 0.2) is 23.1 Å². The second-order valence-electron chi connectivity index (χ2n) is 8.75. The van der Waals surface area contributed by atoms with Gasteiger partial charge in [-0.1, -0.05) is 11.6 Å². The van der Waals surface area contributed by atoms with Crippen molar-refractivity contribution in [3.63, 3.8) is 0 Å². The van der Waals surface area contributed by atoms with E-state index in [1.54, 1.807) is 11.6 Å². The van der Waals surface area contributed by atoms with Crippen LogP contribution < -0.4 is 15.8 Å². The van der Waals surface area contributed by atoms with Crippen LogP contribution in [-0.4, -0.2) is 54.7 Å². The number of halogens is 1. The van der Waals surface area contributed by atoms with Gasteiger partial charge in [-0.3, -0.25) is 19.1 Å². The van der Waals surface area contributed by atoms with E-state index in [9.17, 15) is 4.79 Å². The molecule has 2 N–H and O–H groups in total. The van der Waals surface area contributed by atoms with Crippen molar-refractivity contribution in [3.05, 3.63) is 33.7 Å². The molecule has 4 aromatic rings. The molecule has 2 bridgehead atoms. The van der Waals surface area contributed by atoms with E-state index in [1.165, 1.54) is 0 Å². The van der Waals surface area contributed by atoms with Gasteiger partial charge in [-0.05, 0) is 45.4 Å². The summed E-state index contributed by atoms with van der Waals surface area (Å²) in [5.41, 5.74) is 2.43. The van der Waals surface area contributed by atoms with Crippen molar-refractivity contribution in [3.8, 4) is 11.3 Å². The molecule has 2 saturated heterocycles. The van der Waals surface area contributed by atoms with Gasteiger partial charge in [-0.15, -0.1) is 0 Å². The average molecular weight is 453 g/mol. The maximum absolute atomic E-state index is 13.5. The van der Waals surface area contributed by atoms with Gasteiger partial charge in [-0.25, -0.2) is 0 Å². The molecular weight excluding hydrogens is 428 g/mol. The molecule has 0 saturated carbocycles. The first kappa shape index (κ1) is 19.8. The third-order valence-electron chi connectivity index (χ3n) is 7.17. The highest BCUT2D eigenvalue weighted by Gasteiger charge is 2.47. The monoisotopic (exact) mass is 452 g/mol. The smallest absolute Gasteiger partial charge is 0.266 e. The zero-order chi connectivity index (χ0) is 22.1. The lowest BCUT2D eigenvalue weighted by atomic mass is 9.96. The first-order valence-electron chi connectivity index (χ1n) is 11.1. The van der Waals surface area contributed by atoms with Crippen LogP contribution in [-0.2, 0) is 13.6 Å². The Morgan fingerprint density at radius 1 is 1.31 bits per heavy atom. The van der Waals surface area contributed by atoms with E-state index >= 15 is 0 Å². The van der Waals surface area contributed by atoms with Crippen LogP contribution in [0.2, 0.25) is 5.02 Å². The minimum Gasteiger partial charge on any atom is -0.335 e. The molecule has 0 unspecified atom stereocenters. The summed E-state index contributed by atoms with van der Waals surface area (Å²) in [7, 11) is 3.80. The Morgan fingerprint density at radius 3 is 2.91 bits per heavy atom. The third-order valence-corrected chi connectivity index (χ3v) is 7.58. The number of rotatable bonds is 4. The predicted octanol–water partition coefficient (Wildman–Crippen LogP) is 2.68. The molecule has 6 rings (SSSR count). The molecule has 1 aromatic carbocycles. The van der Waals surface area contributed by atoms with Gasteiger partial charge in [0.2, 0.25) is 5.95 Å². The molecule has 0 amide bonds. The molecule has 0 aliphatic carbocycles. The van der Waals surface area contributed by atoms with E-state index in [0.29, 0.717) is 45.8 Å². The summed E-state index contributed by atoms with van der Waals surface area (Å²) >= 11 is 6.76. The van der Waals surface area contributed by atoms with Crippen molar-refractivity contribution in [2.24, 2.45) is 7.05 Å². The summed E-state index contributed by atoms with van der Waals surface area (Å²) in [4.78, 5) is 20.7. The molecule has 2 aliphatic heterocycles. The minimum atomic E-state index is -0.124. The number of fused-ring (bicyclic) bond motifs is 4. The zero-order valence-corrected chi connectivity index (χ0v) is 19.0. The summed E-state index contributed by atoms with van der Waals surface area (Å²) in [5.74, 6) is 0.691. The van der Waals surface area contributed by atoms with E-state index in [-0.39, 0.29) is 5.56 Å². The van der Waals surface area contributed by atoms with E-state index in [4.69, 9.17) is 16.6 Å². The van der Waals surface area contributed by atoms with Gasteiger partial charge < -0.3 is 10.2 Å². The number of nitrogens with one attached hydrogen (secondary N) is 2. The second kappa shape index (κ2) is 7.05. The van der Waals surface area contributed by atoms with Crippen LogP contribution in [0.5, 0.6) is 0 Å². The first-order chi connectivity index (χ1) is 15.5. The van der Waals surface area contributed by atoms with Crippen LogP contribution in [0.4, 0.5) is 5.95 Å². The van der Waals surface area contributed by atoms with Gasteiger partial charge in [0.25, 0.3) is 5.56 Å². The molecule has 2 aliphatic rings. The highest BCUT2D eigenvalue weighted by molar-refractivity contribution is 6.38. The van der Waals surface area contributed by atoms with Gasteiger partial charge in [0, 0.05) is 48.9 Å². The maximum atomic E-state index is 13.5. The Bertz CT molecular complexity index is 1420. The van der Waals surface area contributed by atoms with Crippen molar-refractivity contribution < 1.29 is 0 Å². The highest BCUT2D eigenvalue weighted by Crippen LogP contribution is 2.41. The molecule has 9 nitrogen and oxygen atoms in total. The molecule has 3 atom stereocenters. The number of benzene rings is 1. The number of aromatic amines is 1. The molecule has 0 radical (unpaired) electrons. The fourth-order valence-corrected chi connectivity index (χ4v) is 5.85. The Kier molecular flexibility index (Phi) is 4.35. The Labute approximate surface area is 189 Å². The summed E-state index contributed by atoms with van der Waals surface area (Å²) in [6, 6.07) is 4.98. The summed E-state index contributed by atoms with van der Waals surface area (Å²) in [6.45, 7) is 2.79. The molecule has 10 heteroatoms. The minimum absolute atomic E-state index is 0.124. The molecule has 0 spiro atoms. The van der Waals surface area contributed by atoms with Crippen molar-refractivity contribution in [1.82, 2.24) is 34.8 Å². The highest BCUT2D eigenvalue weighted by atomic mass is 35.5. The van der Waals surface area contributed by atoms with E-state index in [0.717, 1.165) is 42.3 Å². The summed E-state index contributed by atoms with van der Waals surface area (Å²) in [6.07, 6.45) is 5.23. The van der Waals surface area contributed by atoms with Crippen LogP contribution in [0.25, 0.3) is 33.2 Å². The van der Waals surface area contributed by atoms with Gasteiger partial charge in [0.05, 0.1) is 16.2 Å². The normalized spacial score (nSPS) is 22.6. The van der Waals surface area contributed by atoms with Crippen LogP contribution in [0.3, 0.4) is 0 Å². The van der Waals surface area contributed by atoms with Gasteiger partial charge >= 0.3 is 0 Å². The largest absolute Gasteiger partial charge is 0.335 e. The number of anilines is 1. The zero-order valence-electron chi connectivity index (χ0n) is 18.3. The lowest BCUT2D eigenvalue weighted by Gasteiger charge is -2.26. The number of aryl methyl sites for hydroxylation is 1. The number of H-pyrrole nitrogens is 1. The van der Waals surface area contributed by atoms with Crippen molar-refractivity contribution in [2.45, 2.75) is 50.9 Å². The van der Waals surface area contributed by atoms with E-state index in [2.05, 4.69) is 25.5 Å². The topological polar surface area (TPSA) is 96.7 Å². The fourth-order valence-electron chi connectivity index (χ4n) is 5.54.